The van der Waals surface area contributed by atoms with Crippen LogP contribution >= 0.6 is 11.8 Å². The number of carbonyl (C=O) groups excluding carboxylic acids is 2. The number of hydrogen-bond acceptors (Lipinski definition) is 7. The smallest absolute Gasteiger partial charge is 0.315 e. The van der Waals surface area contributed by atoms with Gasteiger partial charge in [0.15, 0.2) is 0 Å². The fourth-order valence-electron chi connectivity index (χ4n) is 2.89. The topological polar surface area (TPSA) is 114 Å². The molecule has 0 aliphatic carbocycles. The van der Waals surface area contributed by atoms with Crippen LogP contribution in [-0.2, 0) is 14.3 Å². The zero-order valence-corrected chi connectivity index (χ0v) is 17.3. The summed E-state index contributed by atoms with van der Waals surface area (Å²) in [4.78, 5) is 37.8. The number of nitro groups is 1. The highest BCUT2D eigenvalue weighted by atomic mass is 32.2. The number of benzene rings is 1. The Morgan fingerprint density at radius 2 is 2.07 bits per heavy atom. The van der Waals surface area contributed by atoms with Crippen molar-refractivity contribution in [3.8, 4) is 0 Å². The van der Waals surface area contributed by atoms with Crippen molar-refractivity contribution in [2.45, 2.75) is 51.0 Å². The van der Waals surface area contributed by atoms with E-state index in [2.05, 4.69) is 0 Å². The van der Waals surface area contributed by atoms with Crippen LogP contribution in [0.15, 0.2) is 23.1 Å². The highest BCUT2D eigenvalue weighted by molar-refractivity contribution is 7.99. The Hall–Kier alpha value is -2.42. The third-order valence-corrected chi connectivity index (χ3v) is 5.21. The minimum absolute atomic E-state index is 0.0171. The molecule has 1 heterocycles. The summed E-state index contributed by atoms with van der Waals surface area (Å²) in [6, 6.07) is 4.39. The number of rotatable bonds is 6. The van der Waals surface area contributed by atoms with Crippen molar-refractivity contribution in [1.29, 1.82) is 5.41 Å². The SMILES string of the molecule is CC[C@@H](C(=N)CC(=O)N1CCSc2cc([N+](=O)[O-])ccc21)C(=O)OC(C)(C)C. The predicted octanol–water partition coefficient (Wildman–Crippen LogP) is 3.81. The number of esters is 1. The highest BCUT2D eigenvalue weighted by Crippen LogP contribution is 2.37. The van der Waals surface area contributed by atoms with Gasteiger partial charge in [-0.2, -0.15) is 0 Å². The Morgan fingerprint density at radius 1 is 1.39 bits per heavy atom. The van der Waals surface area contributed by atoms with Gasteiger partial charge in [0, 0.05) is 35.0 Å². The first-order chi connectivity index (χ1) is 13.0. The molecule has 1 aliphatic heterocycles. The van der Waals surface area contributed by atoms with E-state index in [1.807, 2.05) is 0 Å². The summed E-state index contributed by atoms with van der Waals surface area (Å²) in [7, 11) is 0. The molecule has 28 heavy (non-hydrogen) atoms. The minimum atomic E-state index is -0.765. The van der Waals surface area contributed by atoms with E-state index in [4.69, 9.17) is 10.1 Å². The molecule has 8 nitrogen and oxygen atoms in total. The fraction of sp³-hybridized carbons (Fsp3) is 0.526. The number of nitro benzene ring substituents is 1. The first-order valence-electron chi connectivity index (χ1n) is 9.05. The second-order valence-electron chi connectivity index (χ2n) is 7.50. The van der Waals surface area contributed by atoms with Crippen LogP contribution in [0.2, 0.25) is 0 Å². The first-order valence-corrected chi connectivity index (χ1v) is 10.0. The van der Waals surface area contributed by atoms with Gasteiger partial charge < -0.3 is 15.0 Å². The highest BCUT2D eigenvalue weighted by Gasteiger charge is 2.31. The van der Waals surface area contributed by atoms with Crippen molar-refractivity contribution in [3.63, 3.8) is 0 Å². The number of anilines is 1. The molecular weight excluding hydrogens is 382 g/mol. The molecule has 1 aliphatic rings. The second-order valence-corrected chi connectivity index (χ2v) is 8.64. The van der Waals surface area contributed by atoms with Crippen molar-refractivity contribution in [3.05, 3.63) is 28.3 Å². The van der Waals surface area contributed by atoms with Crippen LogP contribution in [0.25, 0.3) is 0 Å². The molecular formula is C19H25N3O5S. The van der Waals surface area contributed by atoms with Crippen LogP contribution in [0, 0.1) is 21.4 Å². The maximum Gasteiger partial charge on any atom is 0.315 e. The summed E-state index contributed by atoms with van der Waals surface area (Å²) >= 11 is 1.46. The first kappa shape index (κ1) is 21.9. The van der Waals surface area contributed by atoms with Gasteiger partial charge in [0.25, 0.3) is 5.69 Å². The molecule has 0 bridgehead atoms. The van der Waals surface area contributed by atoms with Crippen LogP contribution in [0.4, 0.5) is 11.4 Å². The van der Waals surface area contributed by atoms with Gasteiger partial charge in [-0.15, -0.1) is 11.8 Å². The summed E-state index contributed by atoms with van der Waals surface area (Å²) in [5.41, 5.74) is -0.0651. The molecule has 0 radical (unpaired) electrons. The van der Waals surface area contributed by atoms with Crippen molar-refractivity contribution < 1.29 is 19.2 Å². The molecule has 152 valence electrons. The Labute approximate surface area is 168 Å². The van der Waals surface area contributed by atoms with Gasteiger partial charge in [-0.05, 0) is 33.3 Å². The van der Waals surface area contributed by atoms with Crippen LogP contribution < -0.4 is 4.90 Å². The van der Waals surface area contributed by atoms with Gasteiger partial charge in [0.2, 0.25) is 5.91 Å². The lowest BCUT2D eigenvalue weighted by Gasteiger charge is -2.29. The normalized spacial score (nSPS) is 14.8. The summed E-state index contributed by atoms with van der Waals surface area (Å²) in [5, 5.41) is 19.2. The molecule has 1 amide bonds. The number of fused-ring (bicyclic) bond motifs is 1. The van der Waals surface area contributed by atoms with Gasteiger partial charge in [-0.25, -0.2) is 0 Å². The molecule has 0 saturated carbocycles. The van der Waals surface area contributed by atoms with E-state index >= 15 is 0 Å². The largest absolute Gasteiger partial charge is 0.459 e. The number of nitrogens with zero attached hydrogens (tertiary/aromatic N) is 2. The van der Waals surface area contributed by atoms with Crippen LogP contribution in [-0.4, -0.2) is 40.4 Å². The number of nitrogens with one attached hydrogen (secondary N) is 1. The van der Waals surface area contributed by atoms with E-state index in [1.54, 1.807) is 33.8 Å². The van der Waals surface area contributed by atoms with Gasteiger partial charge in [0.05, 0.1) is 22.9 Å². The second kappa shape index (κ2) is 8.72. The molecule has 0 unspecified atom stereocenters. The summed E-state index contributed by atoms with van der Waals surface area (Å²) in [6.07, 6.45) is 0.179. The van der Waals surface area contributed by atoms with E-state index in [1.165, 1.54) is 28.8 Å². The minimum Gasteiger partial charge on any atom is -0.459 e. The van der Waals surface area contributed by atoms with Crippen molar-refractivity contribution >= 4 is 40.7 Å². The lowest BCUT2D eigenvalue weighted by molar-refractivity contribution is -0.385. The molecule has 2 rings (SSSR count). The Kier molecular flexibility index (Phi) is 6.82. The molecule has 1 atom stereocenters. The van der Waals surface area contributed by atoms with E-state index in [0.717, 1.165) is 0 Å². The van der Waals surface area contributed by atoms with Gasteiger partial charge in [-0.1, -0.05) is 6.92 Å². The molecule has 0 fully saturated rings. The quantitative estimate of drug-likeness (QED) is 0.332. The third kappa shape index (κ3) is 5.31. The van der Waals surface area contributed by atoms with Crippen LogP contribution in [0.3, 0.4) is 0 Å². The standard InChI is InChI=1S/C19H25N3O5S/c1-5-13(18(24)27-19(2,3)4)14(20)11-17(23)21-8-9-28-16-10-12(22(25)26)6-7-15(16)21/h6-7,10,13,20H,5,8-9,11H2,1-4H3/t13-/m0/s1. The van der Waals surface area contributed by atoms with Crippen molar-refractivity contribution in [2.24, 2.45) is 5.92 Å². The maximum atomic E-state index is 12.8. The van der Waals surface area contributed by atoms with E-state index in [9.17, 15) is 19.7 Å². The van der Waals surface area contributed by atoms with Gasteiger partial charge in [0.1, 0.15) is 5.60 Å². The molecule has 9 heteroatoms. The Balaban J connectivity index is 2.14. The number of hydrogen-bond donors (Lipinski definition) is 1. The van der Waals surface area contributed by atoms with Gasteiger partial charge >= 0.3 is 5.97 Å². The average Bonchev–Trinajstić information content (AvgIpc) is 2.59. The summed E-state index contributed by atoms with van der Waals surface area (Å²) in [5.74, 6) is -0.963. The number of thioether (sulfide) groups is 1. The number of ether oxygens (including phenoxy) is 1. The molecule has 0 saturated heterocycles. The lowest BCUT2D eigenvalue weighted by atomic mass is 9.97. The molecule has 1 aromatic carbocycles. The van der Waals surface area contributed by atoms with Crippen LogP contribution in [0.1, 0.15) is 40.5 Å². The Morgan fingerprint density at radius 3 is 2.64 bits per heavy atom. The van der Waals surface area contributed by atoms with Crippen LogP contribution in [0.5, 0.6) is 0 Å². The maximum absolute atomic E-state index is 12.8. The van der Waals surface area contributed by atoms with Gasteiger partial charge in [-0.3, -0.25) is 19.7 Å². The van der Waals surface area contributed by atoms with Crippen molar-refractivity contribution in [1.82, 2.24) is 0 Å². The molecule has 1 aromatic rings. The molecule has 1 N–H and O–H groups in total. The number of amides is 1. The van der Waals surface area contributed by atoms with E-state index in [-0.39, 0.29) is 23.7 Å². The fourth-order valence-corrected chi connectivity index (χ4v) is 3.92. The van der Waals surface area contributed by atoms with E-state index < -0.39 is 22.4 Å². The van der Waals surface area contributed by atoms with Crippen molar-refractivity contribution in [2.75, 3.05) is 17.2 Å². The number of non-ortho nitro benzene ring substituents is 1. The zero-order valence-electron chi connectivity index (χ0n) is 16.5. The van der Waals surface area contributed by atoms with E-state index in [0.29, 0.717) is 29.3 Å². The average molecular weight is 407 g/mol. The molecule has 0 spiro atoms. The molecule has 0 aromatic heterocycles. The lowest BCUT2D eigenvalue weighted by Crippen LogP contribution is -2.39. The zero-order chi connectivity index (χ0) is 21.1. The monoisotopic (exact) mass is 407 g/mol. The third-order valence-electron chi connectivity index (χ3n) is 4.18. The number of carbonyl (C=O) groups is 2. The Bertz CT molecular complexity index is 803. The summed E-state index contributed by atoms with van der Waals surface area (Å²) in [6.45, 7) is 7.50. The summed E-state index contributed by atoms with van der Waals surface area (Å²) < 4.78 is 5.36. The predicted molar refractivity (Wildman–Crippen MR) is 108 cm³/mol.